The molecule has 1 unspecified atom stereocenters. The van der Waals surface area contributed by atoms with Crippen molar-refractivity contribution in [2.75, 3.05) is 27.4 Å². The van der Waals surface area contributed by atoms with Crippen LogP contribution in [0.3, 0.4) is 0 Å². The van der Waals surface area contributed by atoms with Crippen molar-refractivity contribution in [3.63, 3.8) is 0 Å². The van der Waals surface area contributed by atoms with E-state index in [1.54, 1.807) is 14.2 Å². The first-order valence-corrected chi connectivity index (χ1v) is 7.19. The average Bonchev–Trinajstić information content (AvgIpc) is 2.46. The summed E-state index contributed by atoms with van der Waals surface area (Å²) in [4.78, 5) is 0. The van der Waals surface area contributed by atoms with E-state index in [1.165, 1.54) is 0 Å². The van der Waals surface area contributed by atoms with E-state index in [4.69, 9.17) is 25.8 Å². The molecule has 1 N–H and O–H groups in total. The Hall–Kier alpha value is -0.970. The van der Waals surface area contributed by atoms with Crippen LogP contribution >= 0.6 is 11.6 Å². The fourth-order valence-electron chi connectivity index (χ4n) is 2.45. The van der Waals surface area contributed by atoms with Crippen LogP contribution in [0.1, 0.15) is 25.3 Å². The van der Waals surface area contributed by atoms with Gasteiger partial charge in [0.15, 0.2) is 11.5 Å². The topological polar surface area (TPSA) is 39.7 Å². The summed E-state index contributed by atoms with van der Waals surface area (Å²) in [6.07, 6.45) is 2.20. The molecule has 1 atom stereocenters. The highest BCUT2D eigenvalue weighted by molar-refractivity contribution is 6.33. The predicted octanol–water partition coefficient (Wildman–Crippen LogP) is 3.02. The second-order valence-electron chi connectivity index (χ2n) is 5.34. The molecular formula is C15H22ClNO3. The van der Waals surface area contributed by atoms with Crippen molar-refractivity contribution >= 4 is 11.6 Å². The van der Waals surface area contributed by atoms with Crippen LogP contribution in [0.25, 0.3) is 0 Å². The minimum absolute atomic E-state index is 0.00867. The van der Waals surface area contributed by atoms with Crippen LogP contribution < -0.4 is 14.8 Å². The molecule has 0 amide bonds. The Morgan fingerprint density at radius 2 is 2.15 bits per heavy atom. The van der Waals surface area contributed by atoms with Crippen LogP contribution in [0.2, 0.25) is 5.02 Å². The second-order valence-corrected chi connectivity index (χ2v) is 5.72. The third-order valence-corrected chi connectivity index (χ3v) is 4.12. The normalized spacial score (nSPS) is 22.6. The number of halogens is 1. The molecule has 4 nitrogen and oxygen atoms in total. The largest absolute Gasteiger partial charge is 0.493 e. The van der Waals surface area contributed by atoms with Gasteiger partial charge in [-0.15, -0.1) is 0 Å². The summed E-state index contributed by atoms with van der Waals surface area (Å²) in [5.41, 5.74) is 1.01. The van der Waals surface area contributed by atoms with Crippen molar-refractivity contribution in [1.82, 2.24) is 5.32 Å². The molecule has 0 radical (unpaired) electrons. The lowest BCUT2D eigenvalue weighted by molar-refractivity contribution is 0.0278. The molecule has 112 valence electrons. The molecule has 20 heavy (non-hydrogen) atoms. The van der Waals surface area contributed by atoms with Crippen LogP contribution in [0.15, 0.2) is 12.1 Å². The van der Waals surface area contributed by atoms with Gasteiger partial charge < -0.3 is 19.5 Å². The molecule has 0 spiro atoms. The van der Waals surface area contributed by atoms with Gasteiger partial charge in [-0.3, -0.25) is 0 Å². The van der Waals surface area contributed by atoms with Crippen LogP contribution in [-0.4, -0.2) is 33.0 Å². The Morgan fingerprint density at radius 3 is 2.75 bits per heavy atom. The van der Waals surface area contributed by atoms with Crippen molar-refractivity contribution in [2.24, 2.45) is 0 Å². The molecule has 0 aromatic heterocycles. The van der Waals surface area contributed by atoms with Gasteiger partial charge >= 0.3 is 0 Å². The molecule has 5 heteroatoms. The standard InChI is InChI=1S/C15H22ClNO3/c1-15(7-4-8-20-10-15)17-9-11-5-6-12(18-2)14(19-3)13(11)16/h5-6,17H,4,7-10H2,1-3H3. The lowest BCUT2D eigenvalue weighted by atomic mass is 9.94. The third-order valence-electron chi connectivity index (χ3n) is 3.71. The van der Waals surface area contributed by atoms with Crippen molar-refractivity contribution in [3.05, 3.63) is 22.7 Å². The summed E-state index contributed by atoms with van der Waals surface area (Å²) in [5.74, 6) is 1.23. The minimum atomic E-state index is 0.00867. The molecule has 0 aliphatic carbocycles. The molecule has 1 heterocycles. The lowest BCUT2D eigenvalue weighted by Crippen LogP contribution is -2.48. The smallest absolute Gasteiger partial charge is 0.179 e. The van der Waals surface area contributed by atoms with E-state index in [0.717, 1.165) is 31.6 Å². The SMILES string of the molecule is COc1ccc(CNC2(C)CCCOC2)c(Cl)c1OC. The molecule has 1 aromatic rings. The van der Waals surface area contributed by atoms with Crippen LogP contribution in [-0.2, 0) is 11.3 Å². The highest BCUT2D eigenvalue weighted by Crippen LogP contribution is 2.37. The average molecular weight is 300 g/mol. The van der Waals surface area contributed by atoms with Crippen LogP contribution in [0.5, 0.6) is 11.5 Å². The Bertz CT molecular complexity index is 459. The van der Waals surface area contributed by atoms with Gasteiger partial charge in [0.1, 0.15) is 0 Å². The number of hydrogen-bond donors (Lipinski definition) is 1. The van der Waals surface area contributed by atoms with Gasteiger partial charge in [0, 0.05) is 18.7 Å². The number of ether oxygens (including phenoxy) is 3. The van der Waals surface area contributed by atoms with Crippen molar-refractivity contribution in [1.29, 1.82) is 0 Å². The number of hydrogen-bond acceptors (Lipinski definition) is 4. The number of methoxy groups -OCH3 is 2. The number of nitrogens with one attached hydrogen (secondary N) is 1. The minimum Gasteiger partial charge on any atom is -0.493 e. The maximum atomic E-state index is 6.38. The van der Waals surface area contributed by atoms with E-state index >= 15 is 0 Å². The molecule has 1 saturated heterocycles. The maximum Gasteiger partial charge on any atom is 0.179 e. The first kappa shape index (κ1) is 15.4. The summed E-state index contributed by atoms with van der Waals surface area (Å²) in [6, 6.07) is 3.84. The summed E-state index contributed by atoms with van der Waals surface area (Å²) >= 11 is 6.38. The first-order chi connectivity index (χ1) is 9.59. The number of rotatable bonds is 5. The van der Waals surface area contributed by atoms with Crippen molar-refractivity contribution in [3.8, 4) is 11.5 Å². The monoisotopic (exact) mass is 299 g/mol. The molecule has 1 aliphatic rings. The van der Waals surface area contributed by atoms with Crippen LogP contribution in [0, 0.1) is 0 Å². The molecule has 1 fully saturated rings. The van der Waals surface area contributed by atoms with E-state index in [9.17, 15) is 0 Å². The van der Waals surface area contributed by atoms with E-state index in [0.29, 0.717) is 23.1 Å². The Morgan fingerprint density at radius 1 is 1.35 bits per heavy atom. The third kappa shape index (κ3) is 3.37. The Kier molecular flexibility index (Phi) is 5.13. The molecule has 0 saturated carbocycles. The molecule has 0 bridgehead atoms. The molecular weight excluding hydrogens is 278 g/mol. The fraction of sp³-hybridized carbons (Fsp3) is 0.600. The number of benzene rings is 1. The zero-order valence-electron chi connectivity index (χ0n) is 12.3. The van der Waals surface area contributed by atoms with E-state index < -0.39 is 0 Å². The molecule has 1 aromatic carbocycles. The lowest BCUT2D eigenvalue weighted by Gasteiger charge is -2.34. The van der Waals surface area contributed by atoms with Gasteiger partial charge in [0.25, 0.3) is 0 Å². The predicted molar refractivity (Wildman–Crippen MR) is 79.9 cm³/mol. The zero-order chi connectivity index (χ0) is 14.6. The zero-order valence-corrected chi connectivity index (χ0v) is 13.0. The highest BCUT2D eigenvalue weighted by atomic mass is 35.5. The molecule has 2 rings (SSSR count). The molecule has 1 aliphatic heterocycles. The first-order valence-electron chi connectivity index (χ1n) is 6.82. The van der Waals surface area contributed by atoms with Gasteiger partial charge in [-0.25, -0.2) is 0 Å². The highest BCUT2D eigenvalue weighted by Gasteiger charge is 2.27. The maximum absolute atomic E-state index is 6.38. The van der Waals surface area contributed by atoms with Gasteiger partial charge in [-0.1, -0.05) is 17.7 Å². The van der Waals surface area contributed by atoms with E-state index in [1.807, 2.05) is 12.1 Å². The summed E-state index contributed by atoms with van der Waals surface area (Å²) in [6.45, 7) is 4.45. The van der Waals surface area contributed by atoms with Crippen LogP contribution in [0.4, 0.5) is 0 Å². The fourth-order valence-corrected chi connectivity index (χ4v) is 2.75. The van der Waals surface area contributed by atoms with Gasteiger partial charge in [-0.2, -0.15) is 0 Å². The summed E-state index contributed by atoms with van der Waals surface area (Å²) in [7, 11) is 3.20. The van der Waals surface area contributed by atoms with Gasteiger partial charge in [0.2, 0.25) is 0 Å². The van der Waals surface area contributed by atoms with Crippen molar-refractivity contribution in [2.45, 2.75) is 31.8 Å². The Labute approximate surface area is 125 Å². The quantitative estimate of drug-likeness (QED) is 0.907. The second kappa shape index (κ2) is 6.66. The van der Waals surface area contributed by atoms with Gasteiger partial charge in [-0.05, 0) is 31.4 Å². The summed E-state index contributed by atoms with van der Waals surface area (Å²) in [5, 5.41) is 4.13. The van der Waals surface area contributed by atoms with Crippen molar-refractivity contribution < 1.29 is 14.2 Å². The van der Waals surface area contributed by atoms with E-state index in [-0.39, 0.29) is 5.54 Å². The van der Waals surface area contributed by atoms with Gasteiger partial charge in [0.05, 0.1) is 25.8 Å². The summed E-state index contributed by atoms with van der Waals surface area (Å²) < 4.78 is 16.1. The van der Waals surface area contributed by atoms with E-state index in [2.05, 4.69) is 12.2 Å². The Balaban J connectivity index is 2.09.